The molecule has 0 aliphatic rings. The van der Waals surface area contributed by atoms with Crippen LogP contribution < -0.4 is 5.19 Å². The van der Waals surface area contributed by atoms with Crippen LogP contribution in [-0.2, 0) is 0 Å². The van der Waals surface area contributed by atoms with Gasteiger partial charge in [-0.25, -0.2) is 0 Å². The molecule has 0 aliphatic carbocycles. The predicted molar refractivity (Wildman–Crippen MR) is 65.2 cm³/mol. The number of benzene rings is 1. The van der Waals surface area contributed by atoms with Gasteiger partial charge in [-0.15, -0.1) is 33.2 Å². The molecule has 0 nitrogen and oxygen atoms in total. The molecule has 1 rings (SSSR count). The topological polar surface area (TPSA) is 0 Å². The van der Waals surface area contributed by atoms with Crippen molar-refractivity contribution in [3.05, 3.63) is 30.3 Å². The fourth-order valence-electron chi connectivity index (χ4n) is 0.627. The van der Waals surface area contributed by atoms with Crippen molar-refractivity contribution in [3.8, 4) is 0 Å². The Morgan fingerprint density at radius 2 is 1.33 bits per heavy atom. The molecule has 0 fully saturated rings. The Bertz CT molecular complexity index is 209. The van der Waals surface area contributed by atoms with Gasteiger partial charge in [-0.2, -0.15) is 11.1 Å². The van der Waals surface area contributed by atoms with E-state index in [-0.39, 0.29) is 0 Å². The van der Waals surface area contributed by atoms with Gasteiger partial charge in [0.2, 0.25) is 0 Å². The summed E-state index contributed by atoms with van der Waals surface area (Å²) < 4.78 is 0. The second-order valence-electron chi connectivity index (χ2n) is 1.86. The van der Waals surface area contributed by atoms with Crippen molar-refractivity contribution < 1.29 is 0 Å². The van der Waals surface area contributed by atoms with Crippen molar-refractivity contribution in [2.75, 3.05) is 0 Å². The van der Waals surface area contributed by atoms with Gasteiger partial charge in [0.15, 0.2) is 0 Å². The quantitative estimate of drug-likeness (QED) is 0.545. The van der Waals surface area contributed by atoms with Crippen LogP contribution in [0.1, 0.15) is 0 Å². The third-order valence-corrected chi connectivity index (χ3v) is 4.05. The summed E-state index contributed by atoms with van der Waals surface area (Å²) in [5.41, 5.74) is 0. The average Bonchev–Trinajstić information content (AvgIpc) is 2.08. The molecule has 6 heteroatoms. The van der Waals surface area contributed by atoms with Crippen molar-refractivity contribution in [1.29, 1.82) is 0 Å². The van der Waals surface area contributed by atoms with Crippen molar-refractivity contribution in [1.82, 2.24) is 0 Å². The minimum atomic E-state index is -2.62. The number of rotatable bonds is 1. The van der Waals surface area contributed by atoms with E-state index in [4.69, 9.17) is 44.3 Å². The molecule has 0 saturated heterocycles. The number of hydrogen-bond acceptors (Lipinski definition) is 0. The first kappa shape index (κ1) is 12.8. The van der Waals surface area contributed by atoms with Crippen LogP contribution in [0.2, 0.25) is 0 Å². The maximum Gasteiger partial charge on any atom is 0.372 e. The number of hydrogen-bond donors (Lipinski definition) is 0. The minimum Gasteiger partial charge on any atom is -0.181 e. The maximum absolute atomic E-state index is 5.73. The van der Waals surface area contributed by atoms with Crippen LogP contribution in [-0.4, -0.2) is 15.6 Å². The molecule has 1 aromatic carbocycles. The lowest BCUT2D eigenvalue weighted by molar-refractivity contribution is 1.77. The zero-order valence-electron chi connectivity index (χ0n) is 6.40. The monoisotopic (exact) mass is 276 g/mol. The van der Waals surface area contributed by atoms with Crippen LogP contribution in [0.3, 0.4) is 0 Å². The second kappa shape index (κ2) is 6.30. The minimum absolute atomic E-state index is 0.778. The van der Waals surface area contributed by atoms with Gasteiger partial charge < -0.3 is 0 Å². The Kier molecular flexibility index (Phi) is 6.72. The molecular weight excluding hydrogens is 270 g/mol. The molecule has 0 atom stereocenters. The fraction of sp³-hybridized carbons (Fsp3) is 0. The van der Waals surface area contributed by atoms with E-state index in [0.29, 0.717) is 0 Å². The van der Waals surface area contributed by atoms with Gasteiger partial charge >= 0.3 is 6.00 Å². The molecule has 0 saturated carbocycles. The average molecular weight is 278 g/mol. The summed E-state index contributed by atoms with van der Waals surface area (Å²) in [6.45, 7) is 0. The number of halogens is 4. The van der Waals surface area contributed by atoms with E-state index in [2.05, 4.69) is 0 Å². The second-order valence-corrected chi connectivity index (χ2v) is 10.3. The van der Waals surface area contributed by atoms with Crippen molar-refractivity contribution in [3.63, 3.8) is 0 Å². The lowest BCUT2D eigenvalue weighted by Gasteiger charge is -2.05. The van der Waals surface area contributed by atoms with Gasteiger partial charge in [0.05, 0.1) is 0 Å². The van der Waals surface area contributed by atoms with E-state index in [9.17, 15) is 0 Å². The molecule has 0 spiro atoms. The van der Waals surface area contributed by atoms with Gasteiger partial charge in [0, 0.05) is 0 Å². The van der Waals surface area contributed by atoms with E-state index in [1.165, 1.54) is 0 Å². The third kappa shape index (κ3) is 4.75. The zero-order valence-corrected chi connectivity index (χ0v) is 12.4. The van der Waals surface area contributed by atoms with Gasteiger partial charge in [0.1, 0.15) is 9.55 Å². The molecule has 0 heterocycles. The van der Waals surface area contributed by atoms with E-state index in [1.54, 1.807) is 0 Å². The van der Waals surface area contributed by atoms with E-state index < -0.39 is 6.00 Å². The lowest BCUT2D eigenvalue weighted by atomic mass is 10.4. The van der Waals surface area contributed by atoms with E-state index in [1.807, 2.05) is 30.3 Å². The standard InChI is InChI=1S/C6H5Cl3Si.ClH3Si/c7-10(8,9)6-4-2-1-3-5-6;1-2/h1-5H;2H3. The van der Waals surface area contributed by atoms with Crippen LogP contribution in [0, 0.1) is 0 Å². The van der Waals surface area contributed by atoms with E-state index in [0.717, 1.165) is 14.7 Å². The van der Waals surface area contributed by atoms with Crippen LogP contribution in [0.25, 0.3) is 0 Å². The highest BCUT2D eigenvalue weighted by Crippen LogP contribution is 2.18. The fourth-order valence-corrected chi connectivity index (χ4v) is 2.33. The largest absolute Gasteiger partial charge is 0.372 e. The first-order chi connectivity index (χ1) is 5.61. The van der Waals surface area contributed by atoms with Gasteiger partial charge in [-0.1, -0.05) is 30.3 Å². The SMILES string of the molecule is Cl[Si](Cl)(Cl)c1ccccc1.[SiH3]Cl. The summed E-state index contributed by atoms with van der Waals surface area (Å²) in [6.07, 6.45) is 0. The summed E-state index contributed by atoms with van der Waals surface area (Å²) in [6, 6.07) is 6.68. The molecule has 12 heavy (non-hydrogen) atoms. The Labute approximate surface area is 95.0 Å². The Balaban J connectivity index is 0.000000561. The summed E-state index contributed by atoms with van der Waals surface area (Å²) in [5.74, 6) is 0. The molecule has 0 amide bonds. The van der Waals surface area contributed by atoms with Crippen LogP contribution in [0.5, 0.6) is 0 Å². The summed E-state index contributed by atoms with van der Waals surface area (Å²) in [4.78, 5) is 0. The van der Waals surface area contributed by atoms with Crippen LogP contribution in [0.15, 0.2) is 30.3 Å². The highest BCUT2D eigenvalue weighted by Gasteiger charge is 2.26. The molecule has 0 radical (unpaired) electrons. The third-order valence-electron chi connectivity index (χ3n) is 1.10. The Morgan fingerprint density at radius 3 is 1.58 bits per heavy atom. The Morgan fingerprint density at radius 1 is 0.917 bits per heavy atom. The van der Waals surface area contributed by atoms with Gasteiger partial charge in [-0.3, -0.25) is 0 Å². The molecule has 68 valence electrons. The molecule has 0 unspecified atom stereocenters. The molecular formula is C6H8Cl4Si2. The smallest absolute Gasteiger partial charge is 0.181 e. The maximum atomic E-state index is 5.73. The predicted octanol–water partition coefficient (Wildman–Crippen LogP) is 2.05. The highest BCUT2D eigenvalue weighted by atomic mass is 35.8. The first-order valence-electron chi connectivity index (χ1n) is 3.11. The zero-order chi connectivity index (χ0) is 9.61. The van der Waals surface area contributed by atoms with Crippen LogP contribution >= 0.6 is 44.3 Å². The molecule has 0 bridgehead atoms. The lowest BCUT2D eigenvalue weighted by Crippen LogP contribution is -2.29. The van der Waals surface area contributed by atoms with Gasteiger partial charge in [0.25, 0.3) is 0 Å². The summed E-state index contributed by atoms with van der Waals surface area (Å²) in [5, 5.41) is 0.833. The molecule has 0 aliphatic heterocycles. The highest BCUT2D eigenvalue weighted by molar-refractivity contribution is 7.69. The molecule has 0 N–H and O–H groups in total. The molecule has 0 aromatic heterocycles. The van der Waals surface area contributed by atoms with Crippen LogP contribution in [0.4, 0.5) is 0 Å². The molecule has 1 aromatic rings. The van der Waals surface area contributed by atoms with Gasteiger partial charge in [-0.05, 0) is 5.19 Å². The summed E-state index contributed by atoms with van der Waals surface area (Å²) in [7, 11) is 0.778. The van der Waals surface area contributed by atoms with Crippen molar-refractivity contribution in [2.24, 2.45) is 0 Å². The van der Waals surface area contributed by atoms with Crippen molar-refractivity contribution in [2.45, 2.75) is 0 Å². The normalized spacial score (nSPS) is 10.3. The van der Waals surface area contributed by atoms with E-state index >= 15 is 0 Å². The van der Waals surface area contributed by atoms with Crippen molar-refractivity contribution >= 4 is 65.1 Å². The summed E-state index contributed by atoms with van der Waals surface area (Å²) >= 11 is 22.0. The first-order valence-corrected chi connectivity index (χ1v) is 11.2. The Hall–Kier alpha value is 0.814.